The van der Waals surface area contributed by atoms with Crippen LogP contribution in [0.4, 0.5) is 0 Å². The van der Waals surface area contributed by atoms with Crippen LogP contribution in [0.15, 0.2) is 12.7 Å². The van der Waals surface area contributed by atoms with E-state index in [1.165, 1.54) is 0 Å². The fraction of sp³-hybridized carbons (Fsp3) is 0.733. The average molecular weight is 294 g/mol. The number of rotatable bonds is 4. The minimum Gasteiger partial charge on any atom is -0.380 e. The van der Waals surface area contributed by atoms with E-state index >= 15 is 0 Å². The molecule has 0 N–H and O–H groups in total. The number of hydrogen-bond acceptors (Lipinski definition) is 4. The maximum absolute atomic E-state index is 12.7. The first-order valence-corrected chi connectivity index (χ1v) is 7.52. The molecule has 3 aliphatic rings. The number of carbonyl (C=O) groups excluding carboxylic acids is 2. The molecule has 6 nitrogen and oxygen atoms in total. The Labute approximate surface area is 124 Å². The van der Waals surface area contributed by atoms with Gasteiger partial charge in [0.05, 0.1) is 18.8 Å². The van der Waals surface area contributed by atoms with E-state index < -0.39 is 0 Å². The summed E-state index contributed by atoms with van der Waals surface area (Å²) < 4.78 is 11.0. The summed E-state index contributed by atoms with van der Waals surface area (Å²) in [6, 6.07) is -0.697. The van der Waals surface area contributed by atoms with Gasteiger partial charge in [-0.1, -0.05) is 6.08 Å². The molecule has 0 radical (unpaired) electrons. The zero-order valence-electron chi connectivity index (χ0n) is 12.4. The number of piperidine rings is 1. The zero-order chi connectivity index (χ0) is 15.0. The van der Waals surface area contributed by atoms with E-state index in [4.69, 9.17) is 9.47 Å². The molecule has 3 fully saturated rings. The van der Waals surface area contributed by atoms with Crippen LogP contribution in [0, 0.1) is 0 Å². The lowest BCUT2D eigenvalue weighted by molar-refractivity contribution is -0.164. The van der Waals surface area contributed by atoms with Gasteiger partial charge < -0.3 is 19.3 Å². The third-order valence-corrected chi connectivity index (χ3v) is 4.74. The summed E-state index contributed by atoms with van der Waals surface area (Å²) in [7, 11) is 1.63. The van der Waals surface area contributed by atoms with Crippen LogP contribution in [-0.4, -0.2) is 72.7 Å². The zero-order valence-corrected chi connectivity index (χ0v) is 12.4. The molecule has 0 aromatic carbocycles. The number of carbonyl (C=O) groups is 2. The molecule has 0 aromatic heterocycles. The molecule has 6 heteroatoms. The van der Waals surface area contributed by atoms with Gasteiger partial charge in [-0.3, -0.25) is 9.59 Å². The normalized spacial score (nSPS) is 35.7. The molecule has 4 unspecified atom stereocenters. The average Bonchev–Trinajstić information content (AvgIpc) is 2.95. The van der Waals surface area contributed by atoms with E-state index in [1.54, 1.807) is 23.0 Å². The van der Waals surface area contributed by atoms with Gasteiger partial charge in [0.15, 0.2) is 0 Å². The Kier molecular flexibility index (Phi) is 3.99. The molecule has 0 bridgehead atoms. The molecule has 3 heterocycles. The SMILES string of the molecule is C=CCOC1CCN2C(=O)C3CC(OC)CN3C(=O)C2C1. The summed E-state index contributed by atoms with van der Waals surface area (Å²) in [4.78, 5) is 28.7. The van der Waals surface area contributed by atoms with Crippen LogP contribution in [0.25, 0.3) is 0 Å². The minimum absolute atomic E-state index is 0.0263. The van der Waals surface area contributed by atoms with Gasteiger partial charge in [-0.05, 0) is 6.42 Å². The molecule has 116 valence electrons. The Bertz CT molecular complexity index is 453. The van der Waals surface area contributed by atoms with Crippen molar-refractivity contribution in [2.24, 2.45) is 0 Å². The van der Waals surface area contributed by atoms with Gasteiger partial charge in [0.25, 0.3) is 0 Å². The van der Waals surface area contributed by atoms with Crippen molar-refractivity contribution in [1.29, 1.82) is 0 Å². The highest BCUT2D eigenvalue weighted by Crippen LogP contribution is 2.33. The van der Waals surface area contributed by atoms with E-state index in [2.05, 4.69) is 6.58 Å². The first-order chi connectivity index (χ1) is 10.2. The highest BCUT2D eigenvalue weighted by atomic mass is 16.5. The quantitative estimate of drug-likeness (QED) is 0.694. The fourth-order valence-corrected chi connectivity index (χ4v) is 3.62. The van der Waals surface area contributed by atoms with Gasteiger partial charge >= 0.3 is 0 Å². The van der Waals surface area contributed by atoms with Crippen LogP contribution >= 0.6 is 0 Å². The van der Waals surface area contributed by atoms with Crippen LogP contribution in [0.5, 0.6) is 0 Å². The van der Waals surface area contributed by atoms with Crippen LogP contribution < -0.4 is 0 Å². The summed E-state index contributed by atoms with van der Waals surface area (Å²) in [5.74, 6) is 0.118. The van der Waals surface area contributed by atoms with E-state index in [0.717, 1.165) is 6.42 Å². The van der Waals surface area contributed by atoms with Crippen LogP contribution in [0.2, 0.25) is 0 Å². The molecule has 21 heavy (non-hydrogen) atoms. The summed E-state index contributed by atoms with van der Waals surface area (Å²) >= 11 is 0. The van der Waals surface area contributed by atoms with E-state index in [0.29, 0.717) is 32.5 Å². The van der Waals surface area contributed by atoms with Crippen molar-refractivity contribution in [1.82, 2.24) is 9.80 Å². The largest absolute Gasteiger partial charge is 0.380 e. The molecular weight excluding hydrogens is 272 g/mol. The molecule has 0 saturated carbocycles. The number of fused-ring (bicyclic) bond motifs is 2. The van der Waals surface area contributed by atoms with E-state index in [-0.39, 0.29) is 36.1 Å². The summed E-state index contributed by atoms with van der Waals surface area (Å²) in [5.41, 5.74) is 0. The fourth-order valence-electron chi connectivity index (χ4n) is 3.62. The van der Waals surface area contributed by atoms with Crippen molar-refractivity contribution >= 4 is 11.8 Å². The number of ether oxygens (including phenoxy) is 2. The smallest absolute Gasteiger partial charge is 0.246 e. The van der Waals surface area contributed by atoms with Crippen LogP contribution in [0.1, 0.15) is 19.3 Å². The van der Waals surface area contributed by atoms with Gasteiger partial charge in [-0.2, -0.15) is 0 Å². The first-order valence-electron chi connectivity index (χ1n) is 7.52. The highest BCUT2D eigenvalue weighted by molar-refractivity contribution is 5.97. The van der Waals surface area contributed by atoms with Crippen molar-refractivity contribution < 1.29 is 19.1 Å². The lowest BCUT2D eigenvalue weighted by atomic mass is 9.94. The molecule has 0 aliphatic carbocycles. The Hall–Kier alpha value is -1.40. The third kappa shape index (κ3) is 2.46. The molecule has 0 spiro atoms. The van der Waals surface area contributed by atoms with Crippen LogP contribution in [-0.2, 0) is 19.1 Å². The number of amides is 2. The van der Waals surface area contributed by atoms with Gasteiger partial charge in [-0.25, -0.2) is 0 Å². The first kappa shape index (κ1) is 14.5. The summed E-state index contributed by atoms with van der Waals surface area (Å²) in [6.07, 6.45) is 3.68. The second kappa shape index (κ2) is 5.77. The Morgan fingerprint density at radius 3 is 2.57 bits per heavy atom. The van der Waals surface area contributed by atoms with E-state index in [9.17, 15) is 9.59 Å². The van der Waals surface area contributed by atoms with Gasteiger partial charge in [0, 0.05) is 33.0 Å². The van der Waals surface area contributed by atoms with Crippen molar-refractivity contribution in [3.05, 3.63) is 12.7 Å². The lowest BCUT2D eigenvalue weighted by Gasteiger charge is -2.46. The molecular formula is C15H22N2O4. The molecule has 3 rings (SSSR count). The highest BCUT2D eigenvalue weighted by Gasteiger charge is 2.52. The molecule has 2 amide bonds. The van der Waals surface area contributed by atoms with Crippen LogP contribution in [0.3, 0.4) is 0 Å². The lowest BCUT2D eigenvalue weighted by Crippen LogP contribution is -2.65. The molecule has 0 aromatic rings. The third-order valence-electron chi connectivity index (χ3n) is 4.74. The predicted octanol–water partition coefficient (Wildman–Crippen LogP) is 0.178. The predicted molar refractivity (Wildman–Crippen MR) is 75.6 cm³/mol. The van der Waals surface area contributed by atoms with Crippen molar-refractivity contribution in [3.63, 3.8) is 0 Å². The van der Waals surface area contributed by atoms with Crippen molar-refractivity contribution in [2.75, 3.05) is 26.8 Å². The van der Waals surface area contributed by atoms with Gasteiger partial charge in [0.1, 0.15) is 12.1 Å². The summed E-state index contributed by atoms with van der Waals surface area (Å²) in [6.45, 7) is 5.24. The molecule has 3 aliphatic heterocycles. The number of nitrogens with zero attached hydrogens (tertiary/aromatic N) is 2. The number of hydrogen-bond donors (Lipinski definition) is 0. The standard InChI is InChI=1S/C15H22N2O4/c1-3-6-21-10-4-5-16-12(7-10)15(19)17-9-11(20-2)8-13(17)14(16)18/h3,10-13H,1,4-9H2,2H3. The monoisotopic (exact) mass is 294 g/mol. The van der Waals surface area contributed by atoms with E-state index in [1.807, 2.05) is 0 Å². The number of methoxy groups -OCH3 is 1. The molecule has 3 saturated heterocycles. The van der Waals surface area contributed by atoms with Gasteiger partial charge in [-0.15, -0.1) is 6.58 Å². The topological polar surface area (TPSA) is 59.1 Å². The Morgan fingerprint density at radius 2 is 1.86 bits per heavy atom. The second-order valence-corrected chi connectivity index (χ2v) is 5.92. The maximum atomic E-state index is 12.7. The molecule has 4 atom stereocenters. The van der Waals surface area contributed by atoms with Gasteiger partial charge in [0.2, 0.25) is 11.8 Å². The maximum Gasteiger partial charge on any atom is 0.246 e. The Morgan fingerprint density at radius 1 is 1.19 bits per heavy atom. The minimum atomic E-state index is -0.368. The second-order valence-electron chi connectivity index (χ2n) is 5.92. The van der Waals surface area contributed by atoms with Crippen molar-refractivity contribution in [3.8, 4) is 0 Å². The van der Waals surface area contributed by atoms with Crippen molar-refractivity contribution in [2.45, 2.75) is 43.6 Å². The number of piperazine rings is 1. The summed E-state index contributed by atoms with van der Waals surface area (Å²) in [5, 5.41) is 0. The Balaban J connectivity index is 1.74.